The van der Waals surface area contributed by atoms with E-state index < -0.39 is 11.8 Å². The van der Waals surface area contributed by atoms with Gasteiger partial charge in [-0.3, -0.25) is 14.4 Å². The van der Waals surface area contributed by atoms with Gasteiger partial charge in [-0.25, -0.2) is 9.07 Å². The van der Waals surface area contributed by atoms with Crippen LogP contribution in [0.2, 0.25) is 0 Å². The SMILES string of the molecule is Cc1ccc(-c2nn(-c3ccc(F)cc3)cc2C(=O)NCc2ccc(C(=O)NCC(N)=O)cc2)cc1. The number of nitrogens with zero attached hydrogens (tertiary/aromatic N) is 2. The van der Waals surface area contributed by atoms with Crippen LogP contribution in [0, 0.1) is 12.7 Å². The lowest BCUT2D eigenvalue weighted by Crippen LogP contribution is -2.33. The Bertz CT molecular complexity index is 1400. The average molecular weight is 486 g/mol. The average Bonchev–Trinajstić information content (AvgIpc) is 3.32. The number of halogens is 1. The van der Waals surface area contributed by atoms with E-state index in [1.165, 1.54) is 12.1 Å². The third-order valence-corrected chi connectivity index (χ3v) is 5.47. The van der Waals surface area contributed by atoms with Gasteiger partial charge in [0.15, 0.2) is 0 Å². The monoisotopic (exact) mass is 485 g/mol. The maximum absolute atomic E-state index is 13.4. The van der Waals surface area contributed by atoms with Crippen LogP contribution in [0.25, 0.3) is 16.9 Å². The maximum atomic E-state index is 13.4. The Morgan fingerprint density at radius 2 is 1.56 bits per heavy atom. The highest BCUT2D eigenvalue weighted by Crippen LogP contribution is 2.24. The Morgan fingerprint density at radius 3 is 2.19 bits per heavy atom. The Labute approximate surface area is 206 Å². The summed E-state index contributed by atoms with van der Waals surface area (Å²) in [7, 11) is 0. The first-order chi connectivity index (χ1) is 17.3. The highest BCUT2D eigenvalue weighted by atomic mass is 19.1. The van der Waals surface area contributed by atoms with Gasteiger partial charge in [0.2, 0.25) is 5.91 Å². The molecule has 4 aromatic rings. The number of carbonyl (C=O) groups excluding carboxylic acids is 3. The lowest BCUT2D eigenvalue weighted by molar-refractivity contribution is -0.117. The molecule has 36 heavy (non-hydrogen) atoms. The topological polar surface area (TPSA) is 119 Å². The second-order valence-corrected chi connectivity index (χ2v) is 8.21. The van der Waals surface area contributed by atoms with Gasteiger partial charge in [-0.2, -0.15) is 5.10 Å². The third-order valence-electron chi connectivity index (χ3n) is 5.47. The number of primary amides is 1. The zero-order valence-electron chi connectivity index (χ0n) is 19.5. The summed E-state index contributed by atoms with van der Waals surface area (Å²) in [5.41, 5.74) is 9.52. The zero-order chi connectivity index (χ0) is 25.7. The molecular formula is C27H24FN5O3. The van der Waals surface area contributed by atoms with Crippen molar-refractivity contribution < 1.29 is 18.8 Å². The van der Waals surface area contributed by atoms with Crippen LogP contribution in [0.5, 0.6) is 0 Å². The van der Waals surface area contributed by atoms with E-state index in [4.69, 9.17) is 5.73 Å². The maximum Gasteiger partial charge on any atom is 0.255 e. The van der Waals surface area contributed by atoms with Crippen molar-refractivity contribution in [2.24, 2.45) is 5.73 Å². The van der Waals surface area contributed by atoms with Crippen LogP contribution in [-0.4, -0.2) is 34.0 Å². The van der Waals surface area contributed by atoms with E-state index in [9.17, 15) is 18.8 Å². The summed E-state index contributed by atoms with van der Waals surface area (Å²) in [6.07, 6.45) is 1.62. The van der Waals surface area contributed by atoms with Crippen molar-refractivity contribution in [3.05, 3.63) is 107 Å². The predicted octanol–water partition coefficient (Wildman–Crippen LogP) is 3.13. The molecule has 0 aliphatic heterocycles. The molecule has 9 heteroatoms. The molecule has 0 unspecified atom stereocenters. The summed E-state index contributed by atoms with van der Waals surface area (Å²) < 4.78 is 14.9. The van der Waals surface area contributed by atoms with Gasteiger partial charge in [-0.05, 0) is 48.9 Å². The molecule has 3 amide bonds. The van der Waals surface area contributed by atoms with Crippen molar-refractivity contribution in [2.45, 2.75) is 13.5 Å². The van der Waals surface area contributed by atoms with E-state index in [2.05, 4.69) is 15.7 Å². The van der Waals surface area contributed by atoms with Crippen LogP contribution < -0.4 is 16.4 Å². The molecule has 0 aliphatic rings. The van der Waals surface area contributed by atoms with Crippen molar-refractivity contribution in [2.75, 3.05) is 6.54 Å². The second-order valence-electron chi connectivity index (χ2n) is 8.21. The number of nitrogens with two attached hydrogens (primary N) is 1. The summed E-state index contributed by atoms with van der Waals surface area (Å²) in [5, 5.41) is 9.91. The largest absolute Gasteiger partial charge is 0.368 e. The molecule has 182 valence electrons. The Kier molecular flexibility index (Phi) is 7.20. The highest BCUT2D eigenvalue weighted by molar-refractivity contribution is 6.00. The van der Waals surface area contributed by atoms with Gasteiger partial charge >= 0.3 is 0 Å². The minimum atomic E-state index is -0.629. The molecule has 8 nitrogen and oxygen atoms in total. The minimum absolute atomic E-state index is 0.219. The van der Waals surface area contributed by atoms with Gasteiger partial charge in [-0.1, -0.05) is 42.0 Å². The predicted molar refractivity (Wildman–Crippen MR) is 133 cm³/mol. The van der Waals surface area contributed by atoms with E-state index in [0.29, 0.717) is 22.5 Å². The van der Waals surface area contributed by atoms with Gasteiger partial charge in [0.1, 0.15) is 11.5 Å². The molecular weight excluding hydrogens is 461 g/mol. The van der Waals surface area contributed by atoms with E-state index in [1.807, 2.05) is 31.2 Å². The number of amides is 3. The summed E-state index contributed by atoms with van der Waals surface area (Å²) >= 11 is 0. The van der Waals surface area contributed by atoms with Gasteiger partial charge in [0.05, 0.1) is 17.8 Å². The molecule has 0 saturated heterocycles. The van der Waals surface area contributed by atoms with E-state index in [0.717, 1.165) is 16.7 Å². The smallest absolute Gasteiger partial charge is 0.255 e. The number of aromatic nitrogens is 2. The number of benzene rings is 3. The molecule has 1 heterocycles. The molecule has 0 atom stereocenters. The van der Waals surface area contributed by atoms with Crippen LogP contribution in [0.1, 0.15) is 31.8 Å². The Balaban J connectivity index is 1.53. The van der Waals surface area contributed by atoms with E-state index in [1.54, 1.807) is 47.3 Å². The number of nitrogens with one attached hydrogen (secondary N) is 2. The first kappa shape index (κ1) is 24.3. The fraction of sp³-hybridized carbons (Fsp3) is 0.111. The number of hydrogen-bond acceptors (Lipinski definition) is 4. The lowest BCUT2D eigenvalue weighted by Gasteiger charge is -2.07. The molecule has 4 rings (SSSR count). The van der Waals surface area contributed by atoms with Crippen LogP contribution in [0.15, 0.2) is 79.0 Å². The van der Waals surface area contributed by atoms with Crippen molar-refractivity contribution >= 4 is 17.7 Å². The first-order valence-corrected chi connectivity index (χ1v) is 11.2. The van der Waals surface area contributed by atoms with Crippen LogP contribution in [-0.2, 0) is 11.3 Å². The molecule has 0 bridgehead atoms. The normalized spacial score (nSPS) is 10.6. The molecule has 1 aromatic heterocycles. The number of carbonyl (C=O) groups is 3. The van der Waals surface area contributed by atoms with Crippen molar-refractivity contribution in [3.63, 3.8) is 0 Å². The van der Waals surface area contributed by atoms with Gasteiger partial charge in [-0.15, -0.1) is 0 Å². The van der Waals surface area contributed by atoms with Crippen molar-refractivity contribution in [1.82, 2.24) is 20.4 Å². The van der Waals surface area contributed by atoms with Crippen LogP contribution in [0.4, 0.5) is 4.39 Å². The quantitative estimate of drug-likeness (QED) is 0.355. The van der Waals surface area contributed by atoms with Crippen molar-refractivity contribution in [3.8, 4) is 16.9 Å². The molecule has 3 aromatic carbocycles. The van der Waals surface area contributed by atoms with E-state index in [-0.39, 0.29) is 24.8 Å². The number of hydrogen-bond donors (Lipinski definition) is 3. The zero-order valence-corrected chi connectivity index (χ0v) is 19.5. The molecule has 4 N–H and O–H groups in total. The summed E-state index contributed by atoms with van der Waals surface area (Å²) in [6.45, 7) is 1.95. The molecule has 0 radical (unpaired) electrons. The van der Waals surface area contributed by atoms with Crippen molar-refractivity contribution in [1.29, 1.82) is 0 Å². The van der Waals surface area contributed by atoms with Gasteiger partial charge in [0.25, 0.3) is 11.8 Å². The second kappa shape index (κ2) is 10.6. The summed E-state index contributed by atoms with van der Waals surface area (Å²) in [5.74, 6) is -1.74. The Hall–Kier alpha value is -4.79. The Morgan fingerprint density at radius 1 is 0.889 bits per heavy atom. The fourth-order valence-electron chi connectivity index (χ4n) is 3.51. The molecule has 0 aliphatic carbocycles. The molecule has 0 spiro atoms. The summed E-state index contributed by atoms with van der Waals surface area (Å²) in [6, 6.07) is 20.1. The molecule has 0 saturated carbocycles. The van der Waals surface area contributed by atoms with Crippen LogP contribution in [0.3, 0.4) is 0 Å². The van der Waals surface area contributed by atoms with Gasteiger partial charge < -0.3 is 16.4 Å². The van der Waals surface area contributed by atoms with Crippen LogP contribution >= 0.6 is 0 Å². The standard InChI is InChI=1S/C27H24FN5O3/c1-17-2-6-19(7-3-17)25-23(16-33(32-25)22-12-10-21(28)11-13-22)27(36)30-14-18-4-8-20(9-5-18)26(35)31-15-24(29)34/h2-13,16H,14-15H2,1H3,(H2,29,34)(H,30,36)(H,31,35). The highest BCUT2D eigenvalue weighted by Gasteiger charge is 2.19. The molecule has 0 fully saturated rings. The third kappa shape index (κ3) is 5.82. The minimum Gasteiger partial charge on any atom is -0.368 e. The lowest BCUT2D eigenvalue weighted by atomic mass is 10.1. The van der Waals surface area contributed by atoms with Gasteiger partial charge in [0, 0.05) is 23.9 Å². The first-order valence-electron chi connectivity index (χ1n) is 11.2. The number of aryl methyl sites for hydroxylation is 1. The summed E-state index contributed by atoms with van der Waals surface area (Å²) in [4.78, 5) is 36.0. The number of rotatable bonds is 8. The van der Waals surface area contributed by atoms with E-state index >= 15 is 0 Å². The fourth-order valence-corrected chi connectivity index (χ4v) is 3.51.